The van der Waals surface area contributed by atoms with Gasteiger partial charge in [0.2, 0.25) is 0 Å². The Hall–Kier alpha value is -1.90. The fraction of sp³-hybridized carbons (Fsp3) is 0.211. The van der Waals surface area contributed by atoms with Gasteiger partial charge in [0.1, 0.15) is 0 Å². The zero-order chi connectivity index (χ0) is 14.8. The first-order valence-corrected chi connectivity index (χ1v) is 7.24. The van der Waals surface area contributed by atoms with Gasteiger partial charge < -0.3 is 4.90 Å². The van der Waals surface area contributed by atoms with Crippen molar-refractivity contribution in [2.24, 2.45) is 0 Å². The molecule has 0 radical (unpaired) electrons. The van der Waals surface area contributed by atoms with Crippen molar-refractivity contribution in [3.63, 3.8) is 0 Å². The molecule has 0 amide bonds. The van der Waals surface area contributed by atoms with Gasteiger partial charge in [-0.15, -0.1) is 12.4 Å². The van der Waals surface area contributed by atoms with Crippen LogP contribution >= 0.6 is 12.4 Å². The van der Waals surface area contributed by atoms with Crippen LogP contribution in [0.1, 0.15) is 16.8 Å². The van der Waals surface area contributed by atoms with E-state index in [9.17, 15) is 4.79 Å². The normalized spacial score (nSPS) is 10.9. The summed E-state index contributed by atoms with van der Waals surface area (Å²) >= 11 is 0. The monoisotopic (exact) mass is 313 g/mol. The van der Waals surface area contributed by atoms with Crippen molar-refractivity contribution in [1.29, 1.82) is 0 Å². The van der Waals surface area contributed by atoms with Crippen LogP contribution < -0.4 is 0 Å². The van der Waals surface area contributed by atoms with E-state index in [1.807, 2.05) is 37.2 Å². The number of halogens is 1. The summed E-state index contributed by atoms with van der Waals surface area (Å²) in [5.74, 6) is 0.207. The Labute approximate surface area is 137 Å². The van der Waals surface area contributed by atoms with Crippen LogP contribution in [0, 0.1) is 0 Å². The molecule has 0 aliphatic rings. The minimum atomic E-state index is 0. The van der Waals surface area contributed by atoms with Gasteiger partial charge in [0, 0.05) is 18.5 Å². The standard InChI is InChI=1S/C19H19NO.ClH/c1-20(2)12-11-19(21)16-9-10-18-15(13-16)8-7-14-5-3-4-6-17(14)18;/h3-10,13H,11-12H2,1-2H3;1H. The number of rotatable bonds is 4. The minimum Gasteiger partial charge on any atom is -0.309 e. The van der Waals surface area contributed by atoms with Crippen LogP contribution in [0.15, 0.2) is 54.6 Å². The van der Waals surface area contributed by atoms with Gasteiger partial charge in [0.05, 0.1) is 0 Å². The van der Waals surface area contributed by atoms with E-state index in [0.717, 1.165) is 17.5 Å². The molecule has 22 heavy (non-hydrogen) atoms. The summed E-state index contributed by atoms with van der Waals surface area (Å²) in [6.45, 7) is 0.786. The van der Waals surface area contributed by atoms with Crippen molar-refractivity contribution in [3.05, 3.63) is 60.2 Å². The Morgan fingerprint density at radius 2 is 1.59 bits per heavy atom. The molecule has 0 saturated carbocycles. The van der Waals surface area contributed by atoms with Gasteiger partial charge in [-0.3, -0.25) is 4.79 Å². The van der Waals surface area contributed by atoms with Crippen LogP contribution in [0.5, 0.6) is 0 Å². The lowest BCUT2D eigenvalue weighted by atomic mass is 9.98. The molecule has 3 aromatic carbocycles. The second-order valence-electron chi connectivity index (χ2n) is 5.70. The van der Waals surface area contributed by atoms with E-state index < -0.39 is 0 Å². The lowest BCUT2D eigenvalue weighted by Crippen LogP contribution is -2.16. The lowest BCUT2D eigenvalue weighted by molar-refractivity contribution is 0.0972. The van der Waals surface area contributed by atoms with Gasteiger partial charge >= 0.3 is 0 Å². The molecule has 114 valence electrons. The molecule has 0 fully saturated rings. The quantitative estimate of drug-likeness (QED) is 0.520. The van der Waals surface area contributed by atoms with E-state index in [1.165, 1.54) is 16.2 Å². The summed E-state index contributed by atoms with van der Waals surface area (Å²) in [5, 5.41) is 4.81. The summed E-state index contributed by atoms with van der Waals surface area (Å²) in [6, 6.07) is 18.6. The van der Waals surface area contributed by atoms with Crippen LogP contribution in [-0.4, -0.2) is 31.3 Å². The highest BCUT2D eigenvalue weighted by molar-refractivity contribution is 6.09. The van der Waals surface area contributed by atoms with Gasteiger partial charge in [-0.1, -0.05) is 48.5 Å². The molecule has 0 spiro atoms. The molecular formula is C19H20ClNO. The van der Waals surface area contributed by atoms with Crippen molar-refractivity contribution >= 4 is 39.7 Å². The van der Waals surface area contributed by atoms with Crippen LogP contribution in [0.3, 0.4) is 0 Å². The first-order valence-electron chi connectivity index (χ1n) is 7.24. The average Bonchev–Trinajstić information content (AvgIpc) is 2.51. The van der Waals surface area contributed by atoms with Crippen molar-refractivity contribution in [3.8, 4) is 0 Å². The maximum absolute atomic E-state index is 12.2. The molecular weight excluding hydrogens is 294 g/mol. The van der Waals surface area contributed by atoms with E-state index in [0.29, 0.717) is 6.42 Å². The van der Waals surface area contributed by atoms with E-state index in [-0.39, 0.29) is 18.2 Å². The number of hydrogen-bond acceptors (Lipinski definition) is 2. The van der Waals surface area contributed by atoms with Crippen molar-refractivity contribution in [2.45, 2.75) is 6.42 Å². The fourth-order valence-corrected chi connectivity index (χ4v) is 2.66. The van der Waals surface area contributed by atoms with Gasteiger partial charge in [-0.2, -0.15) is 0 Å². The van der Waals surface area contributed by atoms with Gasteiger partial charge in [0.15, 0.2) is 5.78 Å². The van der Waals surface area contributed by atoms with Crippen LogP contribution in [0.25, 0.3) is 21.5 Å². The second kappa shape index (κ2) is 6.91. The van der Waals surface area contributed by atoms with E-state index >= 15 is 0 Å². The topological polar surface area (TPSA) is 20.3 Å². The van der Waals surface area contributed by atoms with Crippen LogP contribution in [-0.2, 0) is 0 Å². The Bertz CT molecular complexity index is 811. The molecule has 3 rings (SSSR count). The number of ketones is 1. The molecule has 0 aliphatic heterocycles. The minimum absolute atomic E-state index is 0. The smallest absolute Gasteiger partial charge is 0.164 e. The zero-order valence-electron chi connectivity index (χ0n) is 12.9. The number of carbonyl (C=O) groups excluding carboxylic acids is 1. The van der Waals surface area contributed by atoms with E-state index in [1.54, 1.807) is 0 Å². The van der Waals surface area contributed by atoms with Crippen molar-refractivity contribution in [1.82, 2.24) is 4.90 Å². The Morgan fingerprint density at radius 3 is 2.36 bits per heavy atom. The maximum atomic E-state index is 12.2. The average molecular weight is 314 g/mol. The first-order chi connectivity index (χ1) is 10.1. The number of carbonyl (C=O) groups is 1. The Balaban J connectivity index is 0.00000176. The third-order valence-corrected chi connectivity index (χ3v) is 3.85. The molecule has 0 atom stereocenters. The largest absolute Gasteiger partial charge is 0.309 e. The summed E-state index contributed by atoms with van der Waals surface area (Å²) in [4.78, 5) is 14.3. The summed E-state index contributed by atoms with van der Waals surface area (Å²) < 4.78 is 0. The SMILES string of the molecule is CN(C)CCC(=O)c1ccc2c(ccc3ccccc32)c1.Cl. The Morgan fingerprint density at radius 1 is 0.909 bits per heavy atom. The van der Waals surface area contributed by atoms with Gasteiger partial charge in [0.25, 0.3) is 0 Å². The zero-order valence-corrected chi connectivity index (χ0v) is 13.7. The van der Waals surface area contributed by atoms with Crippen molar-refractivity contribution < 1.29 is 4.79 Å². The molecule has 0 heterocycles. The molecule has 0 saturated heterocycles. The molecule has 0 bridgehead atoms. The molecule has 3 heteroatoms. The molecule has 0 aromatic heterocycles. The first kappa shape index (κ1) is 16.5. The van der Waals surface area contributed by atoms with Crippen molar-refractivity contribution in [2.75, 3.05) is 20.6 Å². The molecule has 0 N–H and O–H groups in total. The predicted molar refractivity (Wildman–Crippen MR) is 96.2 cm³/mol. The summed E-state index contributed by atoms with van der Waals surface area (Å²) in [7, 11) is 3.97. The second-order valence-corrected chi connectivity index (χ2v) is 5.70. The van der Waals surface area contributed by atoms with E-state index in [2.05, 4.69) is 36.4 Å². The summed E-state index contributed by atoms with van der Waals surface area (Å²) in [6.07, 6.45) is 0.562. The molecule has 0 aliphatic carbocycles. The highest BCUT2D eigenvalue weighted by atomic mass is 35.5. The third-order valence-electron chi connectivity index (χ3n) is 3.85. The molecule has 2 nitrogen and oxygen atoms in total. The Kier molecular flexibility index (Phi) is 5.17. The highest BCUT2D eigenvalue weighted by Gasteiger charge is 2.08. The summed E-state index contributed by atoms with van der Waals surface area (Å²) in [5.41, 5.74) is 0.805. The number of benzene rings is 3. The van der Waals surface area contributed by atoms with Crippen LogP contribution in [0.4, 0.5) is 0 Å². The van der Waals surface area contributed by atoms with Gasteiger partial charge in [-0.25, -0.2) is 0 Å². The van der Waals surface area contributed by atoms with E-state index in [4.69, 9.17) is 0 Å². The third kappa shape index (κ3) is 3.29. The highest BCUT2D eigenvalue weighted by Crippen LogP contribution is 2.26. The molecule has 0 unspecified atom stereocenters. The maximum Gasteiger partial charge on any atom is 0.164 e. The number of hydrogen-bond donors (Lipinski definition) is 0. The predicted octanol–water partition coefficient (Wildman–Crippen LogP) is 4.55. The van der Waals surface area contributed by atoms with Gasteiger partial charge in [-0.05, 0) is 41.7 Å². The lowest BCUT2D eigenvalue weighted by Gasteiger charge is -2.09. The fourth-order valence-electron chi connectivity index (χ4n) is 2.66. The number of Topliss-reactive ketones (excluding diaryl/α,β-unsaturated/α-hetero) is 1. The van der Waals surface area contributed by atoms with Crippen LogP contribution in [0.2, 0.25) is 0 Å². The molecule has 3 aromatic rings. The number of fused-ring (bicyclic) bond motifs is 3. The number of nitrogens with zero attached hydrogens (tertiary/aromatic N) is 1.